The molecule has 0 unspecified atom stereocenters. The van der Waals surface area contributed by atoms with Crippen molar-refractivity contribution in [3.63, 3.8) is 0 Å². The summed E-state index contributed by atoms with van der Waals surface area (Å²) in [7, 11) is 0. The number of hydrogen-bond acceptors (Lipinski definition) is 0. The number of rotatable bonds is 16. The van der Waals surface area contributed by atoms with Gasteiger partial charge in [0.25, 0.3) is 0 Å². The highest BCUT2D eigenvalue weighted by Gasteiger charge is 2.08. The van der Waals surface area contributed by atoms with Gasteiger partial charge in [-0.3, -0.25) is 0 Å². The molecule has 0 N–H and O–H groups in total. The first-order chi connectivity index (χ1) is 9.85. The quantitative estimate of drug-likeness (QED) is 0.252. The number of hydrogen-bond donors (Lipinski definition) is 0. The molecule has 0 saturated carbocycles. The maximum atomic E-state index is 2.31. The molecule has 0 aliphatic rings. The van der Waals surface area contributed by atoms with Gasteiger partial charge < -0.3 is 0 Å². The topological polar surface area (TPSA) is 0 Å². The van der Waals surface area contributed by atoms with Crippen molar-refractivity contribution in [1.82, 2.24) is 0 Å². The first kappa shape index (κ1) is 20.0. The van der Waals surface area contributed by atoms with Gasteiger partial charge in [0.05, 0.1) is 0 Å². The van der Waals surface area contributed by atoms with Crippen molar-refractivity contribution >= 4 is 0 Å². The average Bonchev–Trinajstić information content (AvgIpc) is 2.47. The smallest absolute Gasteiger partial charge is 0.0241 e. The third-order valence-electron chi connectivity index (χ3n) is 4.40. The molecule has 0 aliphatic carbocycles. The zero-order valence-electron chi connectivity index (χ0n) is 14.8. The van der Waals surface area contributed by atoms with Crippen LogP contribution in [0.25, 0.3) is 0 Å². The summed E-state index contributed by atoms with van der Waals surface area (Å²) in [5.41, 5.74) is 0. The highest BCUT2D eigenvalue weighted by Crippen LogP contribution is 2.26. The Balaban J connectivity index is 3.67. The molecule has 0 spiro atoms. The molecule has 0 heterocycles. The predicted octanol–water partition coefficient (Wildman–Crippen LogP) is 7.86. The molecule has 0 aromatic carbocycles. The minimum absolute atomic E-state index is 1.36. The van der Waals surface area contributed by atoms with E-state index >= 15 is 0 Å². The fourth-order valence-corrected chi connectivity index (χ4v) is 2.96. The molecule has 0 aromatic heterocycles. The Morgan fingerprint density at radius 3 is 1.05 bits per heavy atom. The fraction of sp³-hybridized carbons (Fsp3) is 0.950. The summed E-state index contributed by atoms with van der Waals surface area (Å²) < 4.78 is 0. The van der Waals surface area contributed by atoms with E-state index in [2.05, 4.69) is 20.8 Å². The maximum Gasteiger partial charge on any atom is -0.0241 e. The molecule has 0 aromatic rings. The third-order valence-corrected chi connectivity index (χ3v) is 4.40. The Hall–Kier alpha value is 0. The van der Waals surface area contributed by atoms with Crippen LogP contribution in [0.1, 0.15) is 124 Å². The van der Waals surface area contributed by atoms with Crippen LogP contribution in [0, 0.1) is 5.92 Å². The molecular weight excluding hydrogens is 240 g/mol. The van der Waals surface area contributed by atoms with E-state index < -0.39 is 0 Å². The Kier molecular flexibility index (Phi) is 17.1. The summed E-state index contributed by atoms with van der Waals surface area (Å²) in [6, 6.07) is 0. The molecule has 0 bridgehead atoms. The lowest BCUT2D eigenvalue weighted by atomic mass is 9.89. The molecule has 0 rings (SSSR count). The Labute approximate surface area is 130 Å². The lowest BCUT2D eigenvalue weighted by molar-refractivity contribution is 0.524. The molecule has 0 amide bonds. The summed E-state index contributed by atoms with van der Waals surface area (Å²) in [4.78, 5) is 0. The van der Waals surface area contributed by atoms with E-state index in [-0.39, 0.29) is 0 Å². The Bertz CT molecular complexity index is 149. The van der Waals surface area contributed by atoms with Gasteiger partial charge in [-0.2, -0.15) is 0 Å². The van der Waals surface area contributed by atoms with Crippen LogP contribution in [0.2, 0.25) is 0 Å². The fourth-order valence-electron chi connectivity index (χ4n) is 2.96. The maximum absolute atomic E-state index is 2.31. The zero-order valence-corrected chi connectivity index (χ0v) is 14.8. The minimum atomic E-state index is 1.36. The Morgan fingerprint density at radius 1 is 0.400 bits per heavy atom. The van der Waals surface area contributed by atoms with E-state index in [0.29, 0.717) is 0 Å². The lowest BCUT2D eigenvalue weighted by Gasteiger charge is -2.16. The summed E-state index contributed by atoms with van der Waals surface area (Å²) in [5.74, 6) is 1.90. The predicted molar refractivity (Wildman–Crippen MR) is 94.1 cm³/mol. The summed E-state index contributed by atoms with van der Waals surface area (Å²) in [6.45, 7) is 6.92. The van der Waals surface area contributed by atoms with E-state index in [9.17, 15) is 0 Å². The van der Waals surface area contributed by atoms with Gasteiger partial charge in [-0.05, 0) is 25.2 Å². The van der Waals surface area contributed by atoms with Crippen molar-refractivity contribution in [2.45, 2.75) is 124 Å². The molecular formula is C20H41. The van der Waals surface area contributed by atoms with Gasteiger partial charge in [0, 0.05) is 0 Å². The van der Waals surface area contributed by atoms with Crippen molar-refractivity contribution in [2.24, 2.45) is 0 Å². The lowest BCUT2D eigenvalue weighted by Crippen LogP contribution is -1.99. The van der Waals surface area contributed by atoms with Crippen LogP contribution in [-0.2, 0) is 0 Å². The standard InChI is InChI=1S/C20H41/c1-4-7-10-13-16-19-20(17-14-11-8-5-2)18-15-12-9-6-3/h4-19H2,1-3H3. The SMILES string of the molecule is CCCCCCC[C](CCCCCC)CCCCCC. The van der Waals surface area contributed by atoms with Gasteiger partial charge in [-0.1, -0.05) is 104 Å². The van der Waals surface area contributed by atoms with Crippen LogP contribution in [0.3, 0.4) is 0 Å². The van der Waals surface area contributed by atoms with Crippen LogP contribution in [-0.4, -0.2) is 0 Å². The monoisotopic (exact) mass is 281 g/mol. The van der Waals surface area contributed by atoms with E-state index in [1.54, 1.807) is 0 Å². The highest BCUT2D eigenvalue weighted by molar-refractivity contribution is 4.89. The van der Waals surface area contributed by atoms with Gasteiger partial charge in [0.2, 0.25) is 0 Å². The van der Waals surface area contributed by atoms with Gasteiger partial charge in [0.15, 0.2) is 0 Å². The first-order valence-corrected chi connectivity index (χ1v) is 9.68. The molecule has 0 fully saturated rings. The number of unbranched alkanes of at least 4 members (excludes halogenated alkanes) is 10. The second-order valence-corrected chi connectivity index (χ2v) is 6.54. The average molecular weight is 282 g/mol. The van der Waals surface area contributed by atoms with E-state index in [0.717, 1.165) is 0 Å². The second-order valence-electron chi connectivity index (χ2n) is 6.54. The van der Waals surface area contributed by atoms with E-state index in [1.807, 2.05) is 5.92 Å². The van der Waals surface area contributed by atoms with Crippen LogP contribution in [0.4, 0.5) is 0 Å². The molecule has 20 heavy (non-hydrogen) atoms. The summed E-state index contributed by atoms with van der Waals surface area (Å²) >= 11 is 0. The van der Waals surface area contributed by atoms with Crippen LogP contribution < -0.4 is 0 Å². The van der Waals surface area contributed by atoms with Gasteiger partial charge in [0.1, 0.15) is 0 Å². The Morgan fingerprint density at radius 2 is 0.700 bits per heavy atom. The highest BCUT2D eigenvalue weighted by atomic mass is 14.1. The van der Waals surface area contributed by atoms with Crippen molar-refractivity contribution < 1.29 is 0 Å². The van der Waals surface area contributed by atoms with Crippen molar-refractivity contribution in [3.8, 4) is 0 Å². The minimum Gasteiger partial charge on any atom is -0.0654 e. The van der Waals surface area contributed by atoms with Crippen molar-refractivity contribution in [3.05, 3.63) is 5.92 Å². The van der Waals surface area contributed by atoms with Crippen molar-refractivity contribution in [2.75, 3.05) is 0 Å². The van der Waals surface area contributed by atoms with Gasteiger partial charge in [-0.15, -0.1) is 0 Å². The normalized spacial score (nSPS) is 11.4. The zero-order chi connectivity index (χ0) is 14.9. The molecule has 0 atom stereocenters. The van der Waals surface area contributed by atoms with Crippen LogP contribution in [0.15, 0.2) is 0 Å². The summed E-state index contributed by atoms with van der Waals surface area (Å²) in [6.07, 6.45) is 22.8. The van der Waals surface area contributed by atoms with Gasteiger partial charge >= 0.3 is 0 Å². The largest absolute Gasteiger partial charge is 0.0654 e. The second kappa shape index (κ2) is 17.1. The van der Waals surface area contributed by atoms with Gasteiger partial charge in [-0.25, -0.2) is 0 Å². The molecule has 0 heteroatoms. The first-order valence-electron chi connectivity index (χ1n) is 9.68. The molecule has 0 nitrogen and oxygen atoms in total. The molecule has 121 valence electrons. The van der Waals surface area contributed by atoms with Crippen LogP contribution in [0.5, 0.6) is 0 Å². The van der Waals surface area contributed by atoms with Crippen LogP contribution >= 0.6 is 0 Å². The van der Waals surface area contributed by atoms with E-state index in [1.165, 1.54) is 103 Å². The molecule has 0 aliphatic heterocycles. The third kappa shape index (κ3) is 14.4. The molecule has 1 radical (unpaired) electrons. The molecule has 0 saturated heterocycles. The van der Waals surface area contributed by atoms with E-state index in [4.69, 9.17) is 0 Å². The summed E-state index contributed by atoms with van der Waals surface area (Å²) in [5, 5.41) is 0. The van der Waals surface area contributed by atoms with Crippen molar-refractivity contribution in [1.29, 1.82) is 0 Å².